The average molecular weight is 274 g/mol. The second kappa shape index (κ2) is 6.74. The Kier molecular flexibility index (Phi) is 5.00. The summed E-state index contributed by atoms with van der Waals surface area (Å²) in [5.41, 5.74) is 3.53. The summed E-state index contributed by atoms with van der Waals surface area (Å²) in [6, 6.07) is 16.9. The third-order valence-corrected chi connectivity index (χ3v) is 3.78. The van der Waals surface area contributed by atoms with Crippen molar-refractivity contribution in [3.63, 3.8) is 0 Å². The van der Waals surface area contributed by atoms with Crippen LogP contribution in [0.25, 0.3) is 0 Å². The Morgan fingerprint density at radius 3 is 2.47 bits per heavy atom. The second-order valence-electron chi connectivity index (χ2n) is 4.78. The van der Waals surface area contributed by atoms with E-state index in [9.17, 15) is 0 Å². The van der Waals surface area contributed by atoms with Crippen molar-refractivity contribution >= 4 is 11.6 Å². The van der Waals surface area contributed by atoms with Gasteiger partial charge in [-0.2, -0.15) is 0 Å². The van der Waals surface area contributed by atoms with Gasteiger partial charge in [0.25, 0.3) is 0 Å². The topological polar surface area (TPSA) is 12.0 Å². The molecule has 0 fully saturated rings. The standard InChI is InChI=1S/C17H20ClN/c1-3-12-19-17(14-9-5-4-6-10-14)15-11-7-8-13(2)16(15)18/h4-11,17,19H,3,12H2,1-2H3. The monoisotopic (exact) mass is 273 g/mol. The Labute approximate surface area is 120 Å². The molecule has 2 aromatic carbocycles. The van der Waals surface area contributed by atoms with Crippen LogP contribution in [0.2, 0.25) is 5.02 Å². The first-order valence-electron chi connectivity index (χ1n) is 6.77. The molecule has 0 aliphatic heterocycles. The van der Waals surface area contributed by atoms with E-state index in [1.54, 1.807) is 0 Å². The van der Waals surface area contributed by atoms with Gasteiger partial charge < -0.3 is 5.32 Å². The Bertz CT molecular complexity index is 522. The van der Waals surface area contributed by atoms with Crippen LogP contribution in [0.4, 0.5) is 0 Å². The van der Waals surface area contributed by atoms with Gasteiger partial charge in [-0.25, -0.2) is 0 Å². The highest BCUT2D eigenvalue weighted by Crippen LogP contribution is 2.30. The lowest BCUT2D eigenvalue weighted by molar-refractivity contribution is 0.598. The molecule has 1 unspecified atom stereocenters. The number of nitrogens with one attached hydrogen (secondary N) is 1. The highest BCUT2D eigenvalue weighted by Gasteiger charge is 2.16. The van der Waals surface area contributed by atoms with Crippen LogP contribution >= 0.6 is 11.6 Å². The molecule has 0 radical (unpaired) electrons. The molecule has 100 valence electrons. The van der Waals surface area contributed by atoms with E-state index in [1.807, 2.05) is 19.1 Å². The van der Waals surface area contributed by atoms with Gasteiger partial charge in [0.15, 0.2) is 0 Å². The molecule has 0 saturated carbocycles. The Hall–Kier alpha value is -1.31. The van der Waals surface area contributed by atoms with E-state index in [4.69, 9.17) is 11.6 Å². The molecule has 2 aromatic rings. The van der Waals surface area contributed by atoms with Crippen LogP contribution in [0, 0.1) is 6.92 Å². The van der Waals surface area contributed by atoms with E-state index in [2.05, 4.69) is 48.6 Å². The van der Waals surface area contributed by atoms with Crippen molar-refractivity contribution in [3.8, 4) is 0 Å². The summed E-state index contributed by atoms with van der Waals surface area (Å²) in [4.78, 5) is 0. The maximum Gasteiger partial charge on any atom is 0.0591 e. The number of benzene rings is 2. The van der Waals surface area contributed by atoms with Crippen LogP contribution in [0.1, 0.15) is 36.1 Å². The van der Waals surface area contributed by atoms with E-state index < -0.39 is 0 Å². The third-order valence-electron chi connectivity index (χ3n) is 3.26. The lowest BCUT2D eigenvalue weighted by Gasteiger charge is -2.21. The molecule has 1 N–H and O–H groups in total. The van der Waals surface area contributed by atoms with Crippen molar-refractivity contribution in [2.45, 2.75) is 26.3 Å². The fourth-order valence-electron chi connectivity index (χ4n) is 2.23. The summed E-state index contributed by atoms with van der Waals surface area (Å²) < 4.78 is 0. The summed E-state index contributed by atoms with van der Waals surface area (Å²) >= 11 is 6.48. The first kappa shape index (κ1) is 14.1. The van der Waals surface area contributed by atoms with Gasteiger partial charge in [0, 0.05) is 5.02 Å². The summed E-state index contributed by atoms with van der Waals surface area (Å²) in [6.45, 7) is 5.20. The molecular formula is C17H20ClN. The molecule has 2 rings (SSSR count). The van der Waals surface area contributed by atoms with Crippen LogP contribution in [-0.4, -0.2) is 6.54 Å². The summed E-state index contributed by atoms with van der Waals surface area (Å²) in [5.74, 6) is 0. The van der Waals surface area contributed by atoms with E-state index in [-0.39, 0.29) is 6.04 Å². The molecule has 0 saturated heterocycles. The van der Waals surface area contributed by atoms with Gasteiger partial charge in [-0.1, -0.05) is 67.1 Å². The molecule has 1 nitrogen and oxygen atoms in total. The van der Waals surface area contributed by atoms with Crippen LogP contribution in [0.15, 0.2) is 48.5 Å². The van der Waals surface area contributed by atoms with Gasteiger partial charge in [0.1, 0.15) is 0 Å². The minimum atomic E-state index is 0.161. The van der Waals surface area contributed by atoms with Gasteiger partial charge in [-0.15, -0.1) is 0 Å². The minimum absolute atomic E-state index is 0.161. The Morgan fingerprint density at radius 2 is 1.79 bits per heavy atom. The van der Waals surface area contributed by atoms with E-state index >= 15 is 0 Å². The Balaban J connectivity index is 2.40. The molecule has 0 aliphatic rings. The van der Waals surface area contributed by atoms with Crippen molar-refractivity contribution in [2.24, 2.45) is 0 Å². The molecule has 0 spiro atoms. The van der Waals surface area contributed by atoms with E-state index in [0.29, 0.717) is 0 Å². The summed E-state index contributed by atoms with van der Waals surface area (Å²) in [7, 11) is 0. The SMILES string of the molecule is CCCNC(c1ccccc1)c1cccc(C)c1Cl. The lowest BCUT2D eigenvalue weighted by atomic mass is 9.97. The van der Waals surface area contributed by atoms with Gasteiger partial charge in [-0.05, 0) is 36.6 Å². The zero-order valence-electron chi connectivity index (χ0n) is 11.5. The number of aryl methyl sites for hydroxylation is 1. The first-order chi connectivity index (χ1) is 9.24. The van der Waals surface area contributed by atoms with Crippen LogP contribution in [0.5, 0.6) is 0 Å². The predicted molar refractivity (Wildman–Crippen MR) is 82.8 cm³/mol. The van der Waals surface area contributed by atoms with Gasteiger partial charge in [0.05, 0.1) is 6.04 Å². The number of hydrogen-bond acceptors (Lipinski definition) is 1. The molecule has 19 heavy (non-hydrogen) atoms. The number of halogens is 1. The molecule has 2 heteroatoms. The average Bonchev–Trinajstić information content (AvgIpc) is 2.45. The normalized spacial score (nSPS) is 12.4. The van der Waals surface area contributed by atoms with Crippen molar-refractivity contribution in [3.05, 3.63) is 70.2 Å². The van der Waals surface area contributed by atoms with Gasteiger partial charge >= 0.3 is 0 Å². The zero-order chi connectivity index (χ0) is 13.7. The van der Waals surface area contributed by atoms with E-state index in [0.717, 1.165) is 29.1 Å². The molecule has 0 aromatic heterocycles. The highest BCUT2D eigenvalue weighted by atomic mass is 35.5. The Morgan fingerprint density at radius 1 is 1.05 bits per heavy atom. The fourth-order valence-corrected chi connectivity index (χ4v) is 2.47. The maximum atomic E-state index is 6.48. The number of hydrogen-bond donors (Lipinski definition) is 1. The largest absolute Gasteiger partial charge is 0.306 e. The lowest BCUT2D eigenvalue weighted by Crippen LogP contribution is -2.23. The predicted octanol–water partition coefficient (Wildman–Crippen LogP) is 4.74. The van der Waals surface area contributed by atoms with Crippen molar-refractivity contribution in [2.75, 3.05) is 6.54 Å². The van der Waals surface area contributed by atoms with Gasteiger partial charge in [0.2, 0.25) is 0 Å². The molecule has 0 heterocycles. The summed E-state index contributed by atoms with van der Waals surface area (Å²) in [5, 5.41) is 4.45. The van der Waals surface area contributed by atoms with Crippen molar-refractivity contribution < 1.29 is 0 Å². The summed E-state index contributed by atoms with van der Waals surface area (Å²) in [6.07, 6.45) is 1.10. The van der Waals surface area contributed by atoms with Gasteiger partial charge in [-0.3, -0.25) is 0 Å². The van der Waals surface area contributed by atoms with Crippen molar-refractivity contribution in [1.82, 2.24) is 5.32 Å². The zero-order valence-corrected chi connectivity index (χ0v) is 12.2. The highest BCUT2D eigenvalue weighted by molar-refractivity contribution is 6.32. The molecule has 1 atom stereocenters. The molecule has 0 aliphatic carbocycles. The fraction of sp³-hybridized carbons (Fsp3) is 0.294. The third kappa shape index (κ3) is 3.37. The maximum absolute atomic E-state index is 6.48. The van der Waals surface area contributed by atoms with Crippen LogP contribution in [0.3, 0.4) is 0 Å². The minimum Gasteiger partial charge on any atom is -0.306 e. The quantitative estimate of drug-likeness (QED) is 0.830. The molecular weight excluding hydrogens is 254 g/mol. The first-order valence-corrected chi connectivity index (χ1v) is 7.15. The second-order valence-corrected chi connectivity index (χ2v) is 5.15. The smallest absolute Gasteiger partial charge is 0.0591 e. The number of rotatable bonds is 5. The molecule has 0 bridgehead atoms. The van der Waals surface area contributed by atoms with Crippen molar-refractivity contribution in [1.29, 1.82) is 0 Å². The van der Waals surface area contributed by atoms with Crippen LogP contribution < -0.4 is 5.32 Å². The molecule has 0 amide bonds. The van der Waals surface area contributed by atoms with E-state index in [1.165, 1.54) is 5.56 Å². The van der Waals surface area contributed by atoms with Crippen LogP contribution in [-0.2, 0) is 0 Å².